The highest BCUT2D eigenvalue weighted by Crippen LogP contribution is 2.39. The van der Waals surface area contributed by atoms with E-state index in [1.807, 2.05) is 11.3 Å². The van der Waals surface area contributed by atoms with Crippen LogP contribution in [0.3, 0.4) is 0 Å². The Morgan fingerprint density at radius 1 is 1.33 bits per heavy atom. The monoisotopic (exact) mass is 261 g/mol. The molecule has 1 aliphatic rings. The lowest BCUT2D eigenvalue weighted by atomic mass is 9.78. The summed E-state index contributed by atoms with van der Waals surface area (Å²) in [5.74, 6) is 0. The van der Waals surface area contributed by atoms with Crippen LogP contribution >= 0.6 is 11.3 Å². The molecule has 0 atom stereocenters. The number of rotatable bonds is 4. The standard InChI is InChI=1S/C15H19NOS/c1-11(2)16-8-15(9-17-10-15)13-7-18-14-6-4-3-5-12(13)14/h3-7,11,16H,8-10H2,1-2H3. The molecule has 2 aromatic rings. The van der Waals surface area contributed by atoms with Crippen LogP contribution in [0.2, 0.25) is 0 Å². The first-order valence-electron chi connectivity index (χ1n) is 6.49. The third kappa shape index (κ3) is 1.96. The zero-order valence-electron chi connectivity index (χ0n) is 10.9. The lowest BCUT2D eigenvalue weighted by Crippen LogP contribution is -2.54. The van der Waals surface area contributed by atoms with E-state index in [1.165, 1.54) is 15.6 Å². The van der Waals surface area contributed by atoms with Crippen LogP contribution < -0.4 is 5.32 Å². The van der Waals surface area contributed by atoms with Crippen molar-refractivity contribution in [2.75, 3.05) is 19.8 Å². The number of hydrogen-bond donors (Lipinski definition) is 1. The maximum atomic E-state index is 5.51. The van der Waals surface area contributed by atoms with Gasteiger partial charge in [0.2, 0.25) is 0 Å². The predicted octanol–water partition coefficient (Wildman–Crippen LogP) is 3.17. The van der Waals surface area contributed by atoms with Crippen molar-refractivity contribution < 1.29 is 4.74 Å². The van der Waals surface area contributed by atoms with Gasteiger partial charge in [-0.3, -0.25) is 0 Å². The Kier molecular flexibility index (Phi) is 3.14. The topological polar surface area (TPSA) is 21.3 Å². The van der Waals surface area contributed by atoms with Crippen molar-refractivity contribution in [3.05, 3.63) is 35.2 Å². The average Bonchev–Trinajstić information content (AvgIpc) is 2.72. The number of ether oxygens (including phenoxy) is 1. The molecule has 3 heteroatoms. The summed E-state index contributed by atoms with van der Waals surface area (Å²) in [6, 6.07) is 9.19. The fraction of sp³-hybridized carbons (Fsp3) is 0.467. The van der Waals surface area contributed by atoms with E-state index >= 15 is 0 Å². The highest BCUT2D eigenvalue weighted by Gasteiger charge is 2.41. The molecule has 1 aromatic carbocycles. The maximum absolute atomic E-state index is 5.51. The van der Waals surface area contributed by atoms with E-state index in [9.17, 15) is 0 Å². The van der Waals surface area contributed by atoms with Crippen LogP contribution in [0.4, 0.5) is 0 Å². The first kappa shape index (κ1) is 12.2. The van der Waals surface area contributed by atoms with E-state index in [2.05, 4.69) is 48.8 Å². The van der Waals surface area contributed by atoms with Gasteiger partial charge in [-0.25, -0.2) is 0 Å². The number of hydrogen-bond acceptors (Lipinski definition) is 3. The van der Waals surface area contributed by atoms with Crippen LogP contribution in [-0.4, -0.2) is 25.8 Å². The molecule has 1 aliphatic heterocycles. The van der Waals surface area contributed by atoms with Crippen LogP contribution in [0.5, 0.6) is 0 Å². The van der Waals surface area contributed by atoms with Gasteiger partial charge in [-0.2, -0.15) is 0 Å². The summed E-state index contributed by atoms with van der Waals surface area (Å²) in [4.78, 5) is 0. The third-order valence-corrected chi connectivity index (χ3v) is 4.62. The molecule has 0 aliphatic carbocycles. The molecule has 2 nitrogen and oxygen atoms in total. The van der Waals surface area contributed by atoms with E-state index in [-0.39, 0.29) is 5.41 Å². The largest absolute Gasteiger partial charge is 0.379 e. The lowest BCUT2D eigenvalue weighted by molar-refractivity contribution is -0.0588. The molecule has 0 amide bonds. The van der Waals surface area contributed by atoms with Crippen molar-refractivity contribution in [3.8, 4) is 0 Å². The highest BCUT2D eigenvalue weighted by molar-refractivity contribution is 7.17. The molecule has 96 valence electrons. The van der Waals surface area contributed by atoms with E-state index in [0.717, 1.165) is 19.8 Å². The molecular weight excluding hydrogens is 242 g/mol. The average molecular weight is 261 g/mol. The van der Waals surface area contributed by atoms with Crippen molar-refractivity contribution >= 4 is 21.4 Å². The molecule has 0 spiro atoms. The molecule has 0 unspecified atom stereocenters. The summed E-state index contributed by atoms with van der Waals surface area (Å²) in [6.07, 6.45) is 0. The van der Waals surface area contributed by atoms with Crippen LogP contribution in [-0.2, 0) is 10.2 Å². The number of thiophene rings is 1. The number of fused-ring (bicyclic) bond motifs is 1. The summed E-state index contributed by atoms with van der Waals surface area (Å²) in [5, 5.41) is 7.28. The molecule has 3 rings (SSSR count). The molecule has 1 saturated heterocycles. The van der Waals surface area contributed by atoms with Gasteiger partial charge < -0.3 is 10.1 Å². The van der Waals surface area contributed by atoms with Crippen LogP contribution in [0.15, 0.2) is 29.6 Å². The van der Waals surface area contributed by atoms with E-state index in [1.54, 1.807) is 0 Å². The molecule has 1 aromatic heterocycles. The number of nitrogens with one attached hydrogen (secondary N) is 1. The normalized spacial score (nSPS) is 18.2. The zero-order chi connectivity index (χ0) is 12.6. The minimum absolute atomic E-state index is 0.184. The Bertz CT molecular complexity index is 542. The smallest absolute Gasteiger partial charge is 0.0598 e. The van der Waals surface area contributed by atoms with Crippen LogP contribution in [0.1, 0.15) is 19.4 Å². The van der Waals surface area contributed by atoms with Crippen LogP contribution in [0.25, 0.3) is 10.1 Å². The van der Waals surface area contributed by atoms with Gasteiger partial charge in [0, 0.05) is 17.3 Å². The molecule has 2 heterocycles. The van der Waals surface area contributed by atoms with Gasteiger partial charge in [0.05, 0.1) is 18.6 Å². The van der Waals surface area contributed by atoms with Gasteiger partial charge in [0.15, 0.2) is 0 Å². The van der Waals surface area contributed by atoms with Crippen molar-refractivity contribution in [3.63, 3.8) is 0 Å². The molecule has 18 heavy (non-hydrogen) atoms. The predicted molar refractivity (Wildman–Crippen MR) is 77.5 cm³/mol. The summed E-state index contributed by atoms with van der Waals surface area (Å²) < 4.78 is 6.89. The van der Waals surface area contributed by atoms with E-state index in [4.69, 9.17) is 4.74 Å². The van der Waals surface area contributed by atoms with E-state index in [0.29, 0.717) is 6.04 Å². The van der Waals surface area contributed by atoms with E-state index < -0.39 is 0 Å². The Morgan fingerprint density at radius 3 is 2.78 bits per heavy atom. The molecule has 1 fully saturated rings. The first-order valence-corrected chi connectivity index (χ1v) is 7.37. The molecule has 1 N–H and O–H groups in total. The van der Waals surface area contributed by atoms with Gasteiger partial charge in [-0.1, -0.05) is 32.0 Å². The summed E-state index contributed by atoms with van der Waals surface area (Å²) in [5.41, 5.74) is 1.65. The number of benzene rings is 1. The van der Waals surface area contributed by atoms with Gasteiger partial charge in [-0.05, 0) is 22.4 Å². The molecule has 0 saturated carbocycles. The Hall–Kier alpha value is -0.900. The Morgan fingerprint density at radius 2 is 2.11 bits per heavy atom. The second kappa shape index (κ2) is 4.65. The zero-order valence-corrected chi connectivity index (χ0v) is 11.7. The Balaban J connectivity index is 1.96. The van der Waals surface area contributed by atoms with Gasteiger partial charge >= 0.3 is 0 Å². The molecule has 0 radical (unpaired) electrons. The van der Waals surface area contributed by atoms with Gasteiger partial charge in [-0.15, -0.1) is 11.3 Å². The lowest BCUT2D eigenvalue weighted by Gasteiger charge is -2.42. The second-order valence-electron chi connectivity index (χ2n) is 5.45. The fourth-order valence-electron chi connectivity index (χ4n) is 2.49. The summed E-state index contributed by atoms with van der Waals surface area (Å²) in [6.45, 7) is 7.07. The van der Waals surface area contributed by atoms with Crippen molar-refractivity contribution in [2.24, 2.45) is 0 Å². The molecule has 0 bridgehead atoms. The Labute approximate surface area is 112 Å². The summed E-state index contributed by atoms with van der Waals surface area (Å²) >= 11 is 1.84. The third-order valence-electron chi connectivity index (χ3n) is 3.66. The van der Waals surface area contributed by atoms with Crippen LogP contribution in [0, 0.1) is 0 Å². The van der Waals surface area contributed by atoms with Gasteiger partial charge in [0.25, 0.3) is 0 Å². The van der Waals surface area contributed by atoms with Crippen molar-refractivity contribution in [2.45, 2.75) is 25.3 Å². The second-order valence-corrected chi connectivity index (χ2v) is 6.37. The minimum Gasteiger partial charge on any atom is -0.379 e. The molecular formula is C15H19NOS. The first-order chi connectivity index (χ1) is 8.71. The van der Waals surface area contributed by atoms with Crippen molar-refractivity contribution in [1.82, 2.24) is 5.32 Å². The highest BCUT2D eigenvalue weighted by atomic mass is 32.1. The summed E-state index contributed by atoms with van der Waals surface area (Å²) in [7, 11) is 0. The SMILES string of the molecule is CC(C)NCC1(c2csc3ccccc23)COC1. The quantitative estimate of drug-likeness (QED) is 0.913. The minimum atomic E-state index is 0.184. The maximum Gasteiger partial charge on any atom is 0.0598 e. The fourth-order valence-corrected chi connectivity index (χ4v) is 3.57. The van der Waals surface area contributed by atoms with Gasteiger partial charge in [0.1, 0.15) is 0 Å². The van der Waals surface area contributed by atoms with Crippen molar-refractivity contribution in [1.29, 1.82) is 0 Å².